The van der Waals surface area contributed by atoms with Crippen LogP contribution in [-0.4, -0.2) is 16.8 Å². The summed E-state index contributed by atoms with van der Waals surface area (Å²) in [6, 6.07) is 4.59. The SMILES string of the molecule is Nc1cc([C@@H](N)CCO)ccc1O. The van der Waals surface area contributed by atoms with E-state index < -0.39 is 0 Å². The summed E-state index contributed by atoms with van der Waals surface area (Å²) in [6.07, 6.45) is 0.490. The Bertz CT molecular complexity index is 289. The van der Waals surface area contributed by atoms with Crippen molar-refractivity contribution in [3.63, 3.8) is 0 Å². The highest BCUT2D eigenvalue weighted by Crippen LogP contribution is 2.24. The number of aliphatic hydroxyl groups excluding tert-OH is 1. The lowest BCUT2D eigenvalue weighted by molar-refractivity contribution is 0.276. The van der Waals surface area contributed by atoms with Crippen molar-refractivity contribution in [3.8, 4) is 5.75 Å². The van der Waals surface area contributed by atoms with Gasteiger partial charge in [-0.05, 0) is 24.1 Å². The molecule has 0 saturated heterocycles. The number of aliphatic hydroxyl groups is 1. The predicted molar refractivity (Wildman–Crippen MR) is 51.2 cm³/mol. The van der Waals surface area contributed by atoms with E-state index in [1.165, 1.54) is 6.07 Å². The first-order chi connectivity index (χ1) is 6.15. The van der Waals surface area contributed by atoms with Gasteiger partial charge in [0.1, 0.15) is 5.75 Å². The lowest BCUT2D eigenvalue weighted by Gasteiger charge is -2.11. The van der Waals surface area contributed by atoms with Gasteiger partial charge in [0.15, 0.2) is 0 Å². The molecule has 0 radical (unpaired) electrons. The van der Waals surface area contributed by atoms with Crippen LogP contribution >= 0.6 is 0 Å². The van der Waals surface area contributed by atoms with E-state index in [0.29, 0.717) is 12.1 Å². The largest absolute Gasteiger partial charge is 0.506 e. The van der Waals surface area contributed by atoms with Gasteiger partial charge in [-0.15, -0.1) is 0 Å². The number of hydrogen-bond donors (Lipinski definition) is 4. The number of rotatable bonds is 3. The highest BCUT2D eigenvalue weighted by atomic mass is 16.3. The molecule has 4 heteroatoms. The van der Waals surface area contributed by atoms with Crippen molar-refractivity contribution in [3.05, 3.63) is 23.8 Å². The van der Waals surface area contributed by atoms with Crippen LogP contribution in [0, 0.1) is 0 Å². The minimum absolute atomic E-state index is 0.0436. The second kappa shape index (κ2) is 4.11. The van der Waals surface area contributed by atoms with Gasteiger partial charge >= 0.3 is 0 Å². The summed E-state index contributed by atoms with van der Waals surface area (Å²) in [5, 5.41) is 17.8. The number of anilines is 1. The Labute approximate surface area is 76.8 Å². The highest BCUT2D eigenvalue weighted by Gasteiger charge is 2.06. The first-order valence-electron chi connectivity index (χ1n) is 4.10. The standard InChI is InChI=1S/C9H14N2O2/c10-7(3-4-12)6-1-2-9(13)8(11)5-6/h1-2,5,7,12-13H,3-4,10-11H2/t7-/m0/s1. The molecule has 0 amide bonds. The molecule has 6 N–H and O–H groups in total. The highest BCUT2D eigenvalue weighted by molar-refractivity contribution is 5.53. The molecule has 0 aliphatic carbocycles. The van der Waals surface area contributed by atoms with Crippen LogP contribution < -0.4 is 11.5 Å². The van der Waals surface area contributed by atoms with Crippen LogP contribution in [-0.2, 0) is 0 Å². The molecule has 0 spiro atoms. The van der Waals surface area contributed by atoms with Crippen molar-refractivity contribution >= 4 is 5.69 Å². The molecule has 13 heavy (non-hydrogen) atoms. The summed E-state index contributed by atoms with van der Waals surface area (Å²) in [6.45, 7) is 0.0436. The van der Waals surface area contributed by atoms with Crippen molar-refractivity contribution in [1.29, 1.82) is 0 Å². The van der Waals surface area contributed by atoms with E-state index in [4.69, 9.17) is 21.7 Å². The van der Waals surface area contributed by atoms with Crippen molar-refractivity contribution in [1.82, 2.24) is 0 Å². The van der Waals surface area contributed by atoms with Gasteiger partial charge in [-0.2, -0.15) is 0 Å². The van der Waals surface area contributed by atoms with Gasteiger partial charge in [0, 0.05) is 12.6 Å². The quantitative estimate of drug-likeness (QED) is 0.401. The van der Waals surface area contributed by atoms with Crippen LogP contribution in [0.15, 0.2) is 18.2 Å². The first-order valence-corrected chi connectivity index (χ1v) is 4.10. The predicted octanol–water partition coefficient (Wildman–Crippen LogP) is 0.357. The average molecular weight is 182 g/mol. The number of phenols is 1. The van der Waals surface area contributed by atoms with E-state index in [1.54, 1.807) is 12.1 Å². The van der Waals surface area contributed by atoms with Crippen LogP contribution in [0.3, 0.4) is 0 Å². The molecule has 0 fully saturated rings. The molecule has 1 aromatic carbocycles. The Hall–Kier alpha value is -1.26. The van der Waals surface area contributed by atoms with Gasteiger partial charge in [0.25, 0.3) is 0 Å². The van der Waals surface area contributed by atoms with E-state index in [1.807, 2.05) is 0 Å². The van der Waals surface area contributed by atoms with Crippen LogP contribution in [0.4, 0.5) is 5.69 Å². The lowest BCUT2D eigenvalue weighted by Crippen LogP contribution is -2.12. The first kappa shape index (κ1) is 9.83. The van der Waals surface area contributed by atoms with E-state index >= 15 is 0 Å². The fraction of sp³-hybridized carbons (Fsp3) is 0.333. The monoisotopic (exact) mass is 182 g/mol. The zero-order chi connectivity index (χ0) is 9.84. The molecule has 0 aliphatic rings. The van der Waals surface area contributed by atoms with Crippen molar-refractivity contribution in [2.45, 2.75) is 12.5 Å². The number of nitrogen functional groups attached to an aromatic ring is 1. The average Bonchev–Trinajstić information content (AvgIpc) is 2.10. The fourth-order valence-corrected chi connectivity index (χ4v) is 1.11. The minimum atomic E-state index is -0.229. The molecule has 72 valence electrons. The second-order valence-corrected chi connectivity index (χ2v) is 2.94. The van der Waals surface area contributed by atoms with E-state index in [-0.39, 0.29) is 18.4 Å². The lowest BCUT2D eigenvalue weighted by atomic mass is 10.0. The number of aromatic hydroxyl groups is 1. The summed E-state index contributed by atoms with van der Waals surface area (Å²) >= 11 is 0. The van der Waals surface area contributed by atoms with Gasteiger partial charge in [-0.3, -0.25) is 0 Å². The number of benzene rings is 1. The summed E-state index contributed by atoms with van der Waals surface area (Å²) in [5.74, 6) is 0.0555. The molecule has 0 aliphatic heterocycles. The van der Waals surface area contributed by atoms with Gasteiger partial charge in [0.2, 0.25) is 0 Å². The van der Waals surface area contributed by atoms with Gasteiger partial charge in [-0.25, -0.2) is 0 Å². The molecule has 4 nitrogen and oxygen atoms in total. The Kier molecular flexibility index (Phi) is 3.11. The van der Waals surface area contributed by atoms with Crippen LogP contribution in [0.1, 0.15) is 18.0 Å². The zero-order valence-electron chi connectivity index (χ0n) is 7.27. The van der Waals surface area contributed by atoms with Crippen LogP contribution in [0.2, 0.25) is 0 Å². The molecule has 1 aromatic rings. The van der Waals surface area contributed by atoms with Gasteiger partial charge in [-0.1, -0.05) is 6.07 Å². The second-order valence-electron chi connectivity index (χ2n) is 2.94. The Morgan fingerprint density at radius 1 is 1.38 bits per heavy atom. The van der Waals surface area contributed by atoms with Gasteiger partial charge in [0.05, 0.1) is 5.69 Å². The van der Waals surface area contributed by atoms with Crippen LogP contribution in [0.25, 0.3) is 0 Å². The Morgan fingerprint density at radius 3 is 2.62 bits per heavy atom. The molecule has 0 saturated carbocycles. The summed E-state index contributed by atoms with van der Waals surface area (Å²) in [7, 11) is 0. The molecule has 0 heterocycles. The van der Waals surface area contributed by atoms with Crippen molar-refractivity contribution in [2.24, 2.45) is 5.73 Å². The summed E-state index contributed by atoms with van der Waals surface area (Å²) in [5.41, 5.74) is 12.3. The maximum atomic E-state index is 9.14. The minimum Gasteiger partial charge on any atom is -0.506 e. The molecular formula is C9H14N2O2. The third-order valence-corrected chi connectivity index (χ3v) is 1.92. The third kappa shape index (κ3) is 2.34. The Balaban J connectivity index is 2.84. The van der Waals surface area contributed by atoms with E-state index in [9.17, 15) is 0 Å². The van der Waals surface area contributed by atoms with E-state index in [2.05, 4.69) is 0 Å². The maximum Gasteiger partial charge on any atom is 0.138 e. The molecule has 1 rings (SSSR count). The van der Waals surface area contributed by atoms with Gasteiger partial charge < -0.3 is 21.7 Å². The maximum absolute atomic E-state index is 9.14. The topological polar surface area (TPSA) is 92.5 Å². The fourth-order valence-electron chi connectivity index (χ4n) is 1.11. The zero-order valence-corrected chi connectivity index (χ0v) is 7.27. The Morgan fingerprint density at radius 2 is 2.08 bits per heavy atom. The molecule has 0 aromatic heterocycles. The number of nitrogens with two attached hydrogens (primary N) is 2. The van der Waals surface area contributed by atoms with Crippen molar-refractivity contribution in [2.75, 3.05) is 12.3 Å². The number of hydrogen-bond acceptors (Lipinski definition) is 4. The molecular weight excluding hydrogens is 168 g/mol. The van der Waals surface area contributed by atoms with Crippen LogP contribution in [0.5, 0.6) is 5.75 Å². The van der Waals surface area contributed by atoms with E-state index in [0.717, 1.165) is 5.56 Å². The number of phenolic OH excluding ortho intramolecular Hbond substituents is 1. The normalized spacial score (nSPS) is 12.8. The molecule has 0 bridgehead atoms. The summed E-state index contributed by atoms with van der Waals surface area (Å²) in [4.78, 5) is 0. The third-order valence-electron chi connectivity index (χ3n) is 1.92. The molecule has 0 unspecified atom stereocenters. The van der Waals surface area contributed by atoms with Crippen molar-refractivity contribution < 1.29 is 10.2 Å². The smallest absolute Gasteiger partial charge is 0.138 e. The molecule has 1 atom stereocenters. The summed E-state index contributed by atoms with van der Waals surface area (Å²) < 4.78 is 0.